The van der Waals surface area contributed by atoms with Gasteiger partial charge in [0.05, 0.1) is 29.3 Å². The van der Waals surface area contributed by atoms with Crippen LogP contribution in [0.2, 0.25) is 0 Å². The van der Waals surface area contributed by atoms with Gasteiger partial charge in [0.2, 0.25) is 0 Å². The maximum atomic E-state index is 5.73. The molecule has 2 N–H and O–H groups in total. The van der Waals surface area contributed by atoms with E-state index in [1.54, 1.807) is 0 Å². The number of imidazole rings is 1. The van der Waals surface area contributed by atoms with E-state index in [2.05, 4.69) is 45.9 Å². The van der Waals surface area contributed by atoms with E-state index in [4.69, 9.17) is 15.7 Å². The van der Waals surface area contributed by atoms with Crippen LogP contribution in [0.4, 0.5) is 0 Å². The van der Waals surface area contributed by atoms with Crippen LogP contribution in [0.15, 0.2) is 42.6 Å². The lowest BCUT2D eigenvalue weighted by molar-refractivity contribution is 0.195. The number of hydrogen-bond donors (Lipinski definition) is 1. The number of fused-ring (bicyclic) bond motifs is 4. The molecule has 1 aliphatic heterocycles. The SMILES string of the molecule is NCCCCn1c(CN2CC[C@H]3CCc4cccnc4[C@@H]32)nc2ccccc21. The van der Waals surface area contributed by atoms with Crippen LogP contribution in [-0.4, -0.2) is 32.5 Å². The van der Waals surface area contributed by atoms with Crippen LogP contribution >= 0.6 is 0 Å². The Morgan fingerprint density at radius 3 is 2.93 bits per heavy atom. The summed E-state index contributed by atoms with van der Waals surface area (Å²) in [5.74, 6) is 1.92. The first-order valence-corrected chi connectivity index (χ1v) is 10.7. The summed E-state index contributed by atoms with van der Waals surface area (Å²) in [6.07, 6.45) is 7.84. The number of aryl methyl sites for hydroxylation is 2. The number of likely N-dealkylation sites (tertiary alicyclic amines) is 1. The van der Waals surface area contributed by atoms with Gasteiger partial charge in [-0.3, -0.25) is 9.88 Å². The largest absolute Gasteiger partial charge is 0.330 e. The van der Waals surface area contributed by atoms with E-state index in [0.717, 1.165) is 50.5 Å². The van der Waals surface area contributed by atoms with Crippen molar-refractivity contribution in [1.29, 1.82) is 0 Å². The van der Waals surface area contributed by atoms with Crippen molar-refractivity contribution in [2.75, 3.05) is 13.1 Å². The molecule has 1 saturated heterocycles. The third-order valence-electron chi connectivity index (χ3n) is 6.53. The molecule has 0 spiro atoms. The van der Waals surface area contributed by atoms with Crippen LogP contribution in [0.25, 0.3) is 11.0 Å². The second-order valence-corrected chi connectivity index (χ2v) is 8.21. The van der Waals surface area contributed by atoms with Gasteiger partial charge in [0, 0.05) is 12.7 Å². The van der Waals surface area contributed by atoms with Crippen LogP contribution in [0, 0.1) is 5.92 Å². The molecular formula is C23H29N5. The number of nitrogens with zero attached hydrogens (tertiary/aromatic N) is 4. The first kappa shape index (κ1) is 17.8. The number of unbranched alkanes of at least 4 members (excludes halogenated alkanes) is 1. The Morgan fingerprint density at radius 1 is 1.07 bits per heavy atom. The van der Waals surface area contributed by atoms with Gasteiger partial charge in [-0.05, 0) is 74.9 Å². The van der Waals surface area contributed by atoms with Crippen molar-refractivity contribution in [2.45, 2.75) is 51.2 Å². The van der Waals surface area contributed by atoms with Gasteiger partial charge in [0.25, 0.3) is 0 Å². The quantitative estimate of drug-likeness (QED) is 0.668. The van der Waals surface area contributed by atoms with Gasteiger partial charge in [0.15, 0.2) is 0 Å². The molecule has 0 unspecified atom stereocenters. The highest BCUT2D eigenvalue weighted by molar-refractivity contribution is 5.75. The van der Waals surface area contributed by atoms with Crippen LogP contribution in [0.3, 0.4) is 0 Å². The van der Waals surface area contributed by atoms with Crippen molar-refractivity contribution in [3.8, 4) is 0 Å². The minimum absolute atomic E-state index is 0.447. The predicted octanol–water partition coefficient (Wildman–Crippen LogP) is 3.68. The molecule has 3 aromatic rings. The summed E-state index contributed by atoms with van der Waals surface area (Å²) in [6.45, 7) is 3.77. The van der Waals surface area contributed by atoms with Crippen molar-refractivity contribution >= 4 is 11.0 Å². The zero-order valence-electron chi connectivity index (χ0n) is 16.4. The average Bonchev–Trinajstić information content (AvgIpc) is 3.30. The monoisotopic (exact) mass is 375 g/mol. The lowest BCUT2D eigenvalue weighted by atomic mass is 9.83. The van der Waals surface area contributed by atoms with Crippen molar-refractivity contribution in [2.24, 2.45) is 11.7 Å². The molecule has 28 heavy (non-hydrogen) atoms. The highest BCUT2D eigenvalue weighted by Crippen LogP contribution is 2.44. The molecule has 2 aliphatic rings. The Balaban J connectivity index is 1.46. The topological polar surface area (TPSA) is 60.0 Å². The van der Waals surface area contributed by atoms with Crippen molar-refractivity contribution in [3.05, 3.63) is 59.7 Å². The number of para-hydroxylation sites is 2. The Labute approximate surface area is 166 Å². The lowest BCUT2D eigenvalue weighted by Crippen LogP contribution is -2.30. The van der Waals surface area contributed by atoms with E-state index < -0.39 is 0 Å². The molecule has 1 aromatic carbocycles. The molecule has 0 saturated carbocycles. The summed E-state index contributed by atoms with van der Waals surface area (Å²) < 4.78 is 2.42. The van der Waals surface area contributed by atoms with Crippen LogP contribution < -0.4 is 5.73 Å². The fourth-order valence-electron chi connectivity index (χ4n) is 5.16. The molecule has 2 atom stereocenters. The highest BCUT2D eigenvalue weighted by Gasteiger charge is 2.40. The number of hydrogen-bond acceptors (Lipinski definition) is 4. The molecule has 1 fully saturated rings. The Bertz CT molecular complexity index is 963. The number of nitrogens with two attached hydrogens (primary N) is 1. The molecule has 0 bridgehead atoms. The van der Waals surface area contributed by atoms with E-state index in [0.29, 0.717) is 6.04 Å². The summed E-state index contributed by atoms with van der Waals surface area (Å²) in [7, 11) is 0. The van der Waals surface area contributed by atoms with Gasteiger partial charge >= 0.3 is 0 Å². The molecule has 5 nitrogen and oxygen atoms in total. The summed E-state index contributed by atoms with van der Waals surface area (Å²) in [5.41, 5.74) is 10.8. The van der Waals surface area contributed by atoms with Gasteiger partial charge < -0.3 is 10.3 Å². The number of aromatic nitrogens is 3. The van der Waals surface area contributed by atoms with Crippen LogP contribution in [-0.2, 0) is 19.5 Å². The standard InChI is InChI=1S/C23H29N5/c24-12-3-4-14-28-20-8-2-1-7-19(20)26-21(28)16-27-15-11-18-10-9-17-6-5-13-25-22(17)23(18)27/h1-2,5-8,13,18,23H,3-4,9-12,14-16,24H2/t18-,23-/m1/s1. The van der Waals surface area contributed by atoms with Crippen molar-refractivity contribution < 1.29 is 0 Å². The summed E-state index contributed by atoms with van der Waals surface area (Å²) >= 11 is 0. The van der Waals surface area contributed by atoms with Crippen molar-refractivity contribution in [3.63, 3.8) is 0 Å². The maximum Gasteiger partial charge on any atom is 0.124 e. The van der Waals surface area contributed by atoms with Crippen LogP contribution in [0.1, 0.15) is 48.8 Å². The second kappa shape index (κ2) is 7.64. The first-order valence-electron chi connectivity index (χ1n) is 10.7. The predicted molar refractivity (Wildman–Crippen MR) is 112 cm³/mol. The molecule has 146 valence electrons. The van der Waals surface area contributed by atoms with Gasteiger partial charge in [0.1, 0.15) is 5.82 Å². The Morgan fingerprint density at radius 2 is 2.00 bits per heavy atom. The first-order chi connectivity index (χ1) is 13.8. The van der Waals surface area contributed by atoms with Gasteiger partial charge in [-0.25, -0.2) is 4.98 Å². The summed E-state index contributed by atoms with van der Waals surface area (Å²) in [4.78, 5) is 12.4. The third kappa shape index (κ3) is 3.12. The number of pyridine rings is 1. The smallest absolute Gasteiger partial charge is 0.124 e. The fourth-order valence-corrected chi connectivity index (χ4v) is 5.16. The van der Waals surface area contributed by atoms with E-state index in [1.165, 1.54) is 41.9 Å². The number of rotatable bonds is 6. The zero-order valence-corrected chi connectivity index (χ0v) is 16.4. The van der Waals surface area contributed by atoms with Gasteiger partial charge in [-0.2, -0.15) is 0 Å². The summed E-state index contributed by atoms with van der Waals surface area (Å²) in [6, 6.07) is 13.3. The fraction of sp³-hybridized carbons (Fsp3) is 0.478. The lowest BCUT2D eigenvalue weighted by Gasteiger charge is -2.32. The third-order valence-corrected chi connectivity index (χ3v) is 6.53. The van der Waals surface area contributed by atoms with Gasteiger partial charge in [-0.15, -0.1) is 0 Å². The van der Waals surface area contributed by atoms with Gasteiger partial charge in [-0.1, -0.05) is 18.2 Å². The molecule has 0 radical (unpaired) electrons. The van der Waals surface area contributed by atoms with Crippen LogP contribution in [0.5, 0.6) is 0 Å². The zero-order chi connectivity index (χ0) is 18.9. The molecule has 1 aliphatic carbocycles. The van der Waals surface area contributed by atoms with E-state index in [-0.39, 0.29) is 0 Å². The minimum Gasteiger partial charge on any atom is -0.330 e. The number of benzene rings is 1. The minimum atomic E-state index is 0.447. The molecular weight excluding hydrogens is 346 g/mol. The van der Waals surface area contributed by atoms with E-state index in [1.807, 2.05) is 6.20 Å². The Hall–Kier alpha value is -2.24. The highest BCUT2D eigenvalue weighted by atomic mass is 15.2. The molecule has 3 heterocycles. The normalized spacial score (nSPS) is 21.8. The Kier molecular flexibility index (Phi) is 4.87. The molecule has 5 rings (SSSR count). The molecule has 0 amide bonds. The van der Waals surface area contributed by atoms with E-state index >= 15 is 0 Å². The maximum absolute atomic E-state index is 5.73. The molecule has 5 heteroatoms. The van der Waals surface area contributed by atoms with E-state index in [9.17, 15) is 0 Å². The molecule has 2 aromatic heterocycles. The summed E-state index contributed by atoms with van der Waals surface area (Å²) in [5, 5.41) is 0. The van der Waals surface area contributed by atoms with Crippen molar-refractivity contribution in [1.82, 2.24) is 19.4 Å². The average molecular weight is 376 g/mol. The second-order valence-electron chi connectivity index (χ2n) is 8.21.